The fourth-order valence-electron chi connectivity index (χ4n) is 1.81. The van der Waals surface area contributed by atoms with Crippen LogP contribution in [0.3, 0.4) is 0 Å². The first-order valence-electron chi connectivity index (χ1n) is 5.04. The van der Waals surface area contributed by atoms with Gasteiger partial charge >= 0.3 is 0 Å². The van der Waals surface area contributed by atoms with E-state index in [0.717, 1.165) is 25.8 Å². The van der Waals surface area contributed by atoms with E-state index in [1.54, 1.807) is 0 Å². The SMILES string of the molecule is CCC(C)C1(O)CCC(C)NC1. The van der Waals surface area contributed by atoms with Crippen molar-refractivity contribution < 1.29 is 5.11 Å². The van der Waals surface area contributed by atoms with Gasteiger partial charge in [-0.3, -0.25) is 0 Å². The highest BCUT2D eigenvalue weighted by atomic mass is 16.3. The molecule has 12 heavy (non-hydrogen) atoms. The molecular weight excluding hydrogens is 150 g/mol. The summed E-state index contributed by atoms with van der Waals surface area (Å²) in [6, 6.07) is 0.578. The molecule has 3 atom stereocenters. The van der Waals surface area contributed by atoms with E-state index >= 15 is 0 Å². The first-order valence-corrected chi connectivity index (χ1v) is 5.04. The van der Waals surface area contributed by atoms with Crippen LogP contribution in [0.4, 0.5) is 0 Å². The summed E-state index contributed by atoms with van der Waals surface area (Å²) in [7, 11) is 0. The maximum atomic E-state index is 10.2. The molecule has 0 aromatic heterocycles. The zero-order chi connectivity index (χ0) is 9.19. The molecule has 0 bridgehead atoms. The lowest BCUT2D eigenvalue weighted by molar-refractivity contribution is -0.0391. The van der Waals surface area contributed by atoms with Crippen LogP contribution < -0.4 is 5.32 Å². The van der Waals surface area contributed by atoms with Crippen molar-refractivity contribution in [3.63, 3.8) is 0 Å². The molecule has 1 fully saturated rings. The Morgan fingerprint density at radius 3 is 2.75 bits per heavy atom. The summed E-state index contributed by atoms with van der Waals surface area (Å²) in [4.78, 5) is 0. The molecule has 2 heteroatoms. The van der Waals surface area contributed by atoms with Crippen LogP contribution in [0.1, 0.15) is 40.0 Å². The molecule has 1 heterocycles. The standard InChI is InChI=1S/C10H21NO/c1-4-8(2)10(12)6-5-9(3)11-7-10/h8-9,11-12H,4-7H2,1-3H3. The second-order valence-electron chi connectivity index (χ2n) is 4.23. The van der Waals surface area contributed by atoms with Crippen LogP contribution in [-0.4, -0.2) is 23.3 Å². The largest absolute Gasteiger partial charge is 0.388 e. The summed E-state index contributed by atoms with van der Waals surface area (Å²) in [6.45, 7) is 7.22. The van der Waals surface area contributed by atoms with Crippen molar-refractivity contribution in [3.05, 3.63) is 0 Å². The second kappa shape index (κ2) is 3.75. The first-order chi connectivity index (χ1) is 5.58. The molecule has 0 saturated carbocycles. The van der Waals surface area contributed by atoms with Gasteiger partial charge in [0.15, 0.2) is 0 Å². The van der Waals surface area contributed by atoms with E-state index in [4.69, 9.17) is 0 Å². The third-order valence-electron chi connectivity index (χ3n) is 3.30. The lowest BCUT2D eigenvalue weighted by atomic mass is 9.80. The Balaban J connectivity index is 2.49. The maximum absolute atomic E-state index is 10.2. The van der Waals surface area contributed by atoms with Gasteiger partial charge in [0.25, 0.3) is 0 Å². The molecule has 0 spiro atoms. The Kier molecular flexibility index (Phi) is 3.13. The predicted octanol–water partition coefficient (Wildman–Crippen LogP) is 1.54. The Hall–Kier alpha value is -0.0800. The van der Waals surface area contributed by atoms with E-state index < -0.39 is 5.60 Å². The van der Waals surface area contributed by atoms with Crippen molar-refractivity contribution >= 4 is 0 Å². The van der Waals surface area contributed by atoms with Crippen molar-refractivity contribution in [1.82, 2.24) is 5.32 Å². The van der Waals surface area contributed by atoms with Gasteiger partial charge in [-0.05, 0) is 25.7 Å². The number of aliphatic hydroxyl groups is 1. The van der Waals surface area contributed by atoms with Crippen molar-refractivity contribution in [2.45, 2.75) is 51.7 Å². The Morgan fingerprint density at radius 1 is 1.67 bits per heavy atom. The number of hydrogen-bond acceptors (Lipinski definition) is 2. The molecule has 0 amide bonds. The van der Waals surface area contributed by atoms with Crippen LogP contribution >= 0.6 is 0 Å². The van der Waals surface area contributed by atoms with E-state index in [1.807, 2.05) is 0 Å². The molecule has 0 aliphatic carbocycles. The minimum Gasteiger partial charge on any atom is -0.388 e. The van der Waals surface area contributed by atoms with Crippen molar-refractivity contribution in [3.8, 4) is 0 Å². The number of piperidine rings is 1. The van der Waals surface area contributed by atoms with Crippen LogP contribution in [-0.2, 0) is 0 Å². The number of nitrogens with one attached hydrogen (secondary N) is 1. The van der Waals surface area contributed by atoms with Gasteiger partial charge in [0.1, 0.15) is 0 Å². The number of hydrogen-bond donors (Lipinski definition) is 2. The minimum absolute atomic E-state index is 0.414. The summed E-state index contributed by atoms with van der Waals surface area (Å²) in [5, 5.41) is 13.5. The average molecular weight is 171 g/mol. The van der Waals surface area contributed by atoms with E-state index in [0.29, 0.717) is 12.0 Å². The third-order valence-corrected chi connectivity index (χ3v) is 3.30. The highest BCUT2D eigenvalue weighted by molar-refractivity contribution is 4.91. The topological polar surface area (TPSA) is 32.3 Å². The van der Waals surface area contributed by atoms with Gasteiger partial charge in [-0.25, -0.2) is 0 Å². The molecule has 0 aromatic carbocycles. The average Bonchev–Trinajstić information content (AvgIpc) is 2.09. The van der Waals surface area contributed by atoms with E-state index in [-0.39, 0.29) is 0 Å². The molecule has 2 N–H and O–H groups in total. The lowest BCUT2D eigenvalue weighted by Crippen LogP contribution is -2.52. The summed E-state index contributed by atoms with van der Waals surface area (Å²) in [5.74, 6) is 0.414. The maximum Gasteiger partial charge on any atom is 0.0797 e. The fraction of sp³-hybridized carbons (Fsp3) is 1.00. The molecule has 1 saturated heterocycles. The van der Waals surface area contributed by atoms with E-state index in [2.05, 4.69) is 26.1 Å². The Morgan fingerprint density at radius 2 is 2.33 bits per heavy atom. The fourth-order valence-corrected chi connectivity index (χ4v) is 1.81. The monoisotopic (exact) mass is 171 g/mol. The van der Waals surface area contributed by atoms with Crippen molar-refractivity contribution in [2.75, 3.05) is 6.54 Å². The molecule has 0 radical (unpaired) electrons. The lowest BCUT2D eigenvalue weighted by Gasteiger charge is -2.39. The van der Waals surface area contributed by atoms with Gasteiger partial charge in [-0.2, -0.15) is 0 Å². The summed E-state index contributed by atoms with van der Waals surface area (Å²) in [5.41, 5.74) is -0.443. The van der Waals surface area contributed by atoms with E-state index in [1.165, 1.54) is 0 Å². The van der Waals surface area contributed by atoms with Gasteiger partial charge in [-0.15, -0.1) is 0 Å². The minimum atomic E-state index is -0.443. The number of β-amino-alcohol motifs (C(OH)–C–C–N with tert-alkyl or cyclic N) is 1. The molecular formula is C10H21NO. The second-order valence-corrected chi connectivity index (χ2v) is 4.23. The van der Waals surface area contributed by atoms with Crippen molar-refractivity contribution in [2.24, 2.45) is 5.92 Å². The highest BCUT2D eigenvalue weighted by Gasteiger charge is 2.35. The van der Waals surface area contributed by atoms with Crippen LogP contribution in [0.15, 0.2) is 0 Å². The normalized spacial score (nSPS) is 39.5. The van der Waals surface area contributed by atoms with E-state index in [9.17, 15) is 5.11 Å². The van der Waals surface area contributed by atoms with Gasteiger partial charge in [0.2, 0.25) is 0 Å². The molecule has 72 valence electrons. The van der Waals surface area contributed by atoms with Gasteiger partial charge in [0, 0.05) is 12.6 Å². The molecule has 0 aromatic rings. The molecule has 3 unspecified atom stereocenters. The van der Waals surface area contributed by atoms with Crippen LogP contribution in [0.5, 0.6) is 0 Å². The predicted molar refractivity (Wildman–Crippen MR) is 51.1 cm³/mol. The molecule has 2 nitrogen and oxygen atoms in total. The van der Waals surface area contributed by atoms with Gasteiger partial charge in [-0.1, -0.05) is 20.3 Å². The van der Waals surface area contributed by atoms with Crippen LogP contribution in [0, 0.1) is 5.92 Å². The van der Waals surface area contributed by atoms with Gasteiger partial charge in [0.05, 0.1) is 5.60 Å². The Labute approximate surface area is 75.4 Å². The zero-order valence-electron chi connectivity index (χ0n) is 8.43. The first kappa shape index (κ1) is 10.0. The molecule has 1 aliphatic rings. The highest BCUT2D eigenvalue weighted by Crippen LogP contribution is 2.28. The summed E-state index contributed by atoms with van der Waals surface area (Å²) >= 11 is 0. The Bertz CT molecular complexity index is 139. The molecule has 1 rings (SSSR count). The van der Waals surface area contributed by atoms with Crippen molar-refractivity contribution in [1.29, 1.82) is 0 Å². The smallest absolute Gasteiger partial charge is 0.0797 e. The summed E-state index contributed by atoms with van der Waals surface area (Å²) in [6.07, 6.45) is 3.11. The third kappa shape index (κ3) is 1.99. The van der Waals surface area contributed by atoms with Crippen LogP contribution in [0.25, 0.3) is 0 Å². The number of rotatable bonds is 2. The quantitative estimate of drug-likeness (QED) is 0.660. The van der Waals surface area contributed by atoms with Gasteiger partial charge < -0.3 is 10.4 Å². The zero-order valence-corrected chi connectivity index (χ0v) is 8.43. The van der Waals surface area contributed by atoms with Crippen LogP contribution in [0.2, 0.25) is 0 Å². The summed E-state index contributed by atoms with van der Waals surface area (Å²) < 4.78 is 0. The molecule has 1 aliphatic heterocycles.